The van der Waals surface area contributed by atoms with Crippen LogP contribution in [0.5, 0.6) is 5.75 Å². The molecule has 0 aliphatic heterocycles. The lowest BCUT2D eigenvalue weighted by Crippen LogP contribution is -2.26. The maximum atomic E-state index is 12.4. The number of ether oxygens (including phenoxy) is 1. The highest BCUT2D eigenvalue weighted by atomic mass is 32.1. The first kappa shape index (κ1) is 17.0. The van der Waals surface area contributed by atoms with Gasteiger partial charge in [-0.15, -0.1) is 11.3 Å². The predicted molar refractivity (Wildman–Crippen MR) is 101 cm³/mol. The molecule has 1 unspecified atom stereocenters. The molecular formula is C19H19N3O2S. The van der Waals surface area contributed by atoms with Crippen molar-refractivity contribution in [2.75, 3.05) is 12.4 Å². The van der Waals surface area contributed by atoms with Gasteiger partial charge in [-0.05, 0) is 36.8 Å². The number of carbonyl (C=O) groups excluding carboxylic acids is 1. The fraction of sp³-hybridized carbons (Fsp3) is 0.158. The second kappa shape index (κ2) is 7.81. The van der Waals surface area contributed by atoms with Crippen LogP contribution < -0.4 is 15.4 Å². The zero-order chi connectivity index (χ0) is 17.6. The van der Waals surface area contributed by atoms with Crippen molar-refractivity contribution in [3.63, 3.8) is 0 Å². The molecule has 0 bridgehead atoms. The van der Waals surface area contributed by atoms with Crippen LogP contribution in [0.3, 0.4) is 0 Å². The molecule has 2 N–H and O–H groups in total. The van der Waals surface area contributed by atoms with Crippen LogP contribution in [0.2, 0.25) is 0 Å². The van der Waals surface area contributed by atoms with Crippen molar-refractivity contribution >= 4 is 28.1 Å². The van der Waals surface area contributed by atoms with E-state index in [-0.39, 0.29) is 11.9 Å². The largest absolute Gasteiger partial charge is 0.497 e. The lowest BCUT2D eigenvalue weighted by atomic mass is 10.1. The van der Waals surface area contributed by atoms with Gasteiger partial charge < -0.3 is 15.4 Å². The zero-order valence-electron chi connectivity index (χ0n) is 14.0. The summed E-state index contributed by atoms with van der Waals surface area (Å²) >= 11 is 1.39. The van der Waals surface area contributed by atoms with Crippen LogP contribution in [-0.4, -0.2) is 18.0 Å². The van der Waals surface area contributed by atoms with Gasteiger partial charge in [0.25, 0.3) is 5.91 Å². The molecule has 1 aromatic heterocycles. The highest BCUT2D eigenvalue weighted by Gasteiger charge is 2.14. The number of carbonyl (C=O) groups is 1. The van der Waals surface area contributed by atoms with Crippen molar-refractivity contribution < 1.29 is 9.53 Å². The average Bonchev–Trinajstić information content (AvgIpc) is 3.12. The smallest absolute Gasteiger partial charge is 0.271 e. The van der Waals surface area contributed by atoms with Crippen molar-refractivity contribution in [2.24, 2.45) is 0 Å². The number of thiazole rings is 1. The first-order chi connectivity index (χ1) is 12.2. The van der Waals surface area contributed by atoms with Crippen LogP contribution in [0.25, 0.3) is 0 Å². The lowest BCUT2D eigenvalue weighted by Gasteiger charge is -2.13. The van der Waals surface area contributed by atoms with Gasteiger partial charge in [0.2, 0.25) is 0 Å². The Bertz CT molecular complexity index is 831. The second-order valence-electron chi connectivity index (χ2n) is 5.50. The zero-order valence-corrected chi connectivity index (χ0v) is 14.8. The average molecular weight is 353 g/mol. The molecule has 0 fully saturated rings. The van der Waals surface area contributed by atoms with Crippen LogP contribution in [0, 0.1) is 0 Å². The van der Waals surface area contributed by atoms with Gasteiger partial charge in [-0.1, -0.05) is 30.3 Å². The van der Waals surface area contributed by atoms with E-state index in [1.807, 2.05) is 61.5 Å². The quantitative estimate of drug-likeness (QED) is 0.690. The van der Waals surface area contributed by atoms with E-state index in [2.05, 4.69) is 15.6 Å². The maximum absolute atomic E-state index is 12.4. The van der Waals surface area contributed by atoms with Gasteiger partial charge >= 0.3 is 0 Å². The normalized spacial score (nSPS) is 11.6. The van der Waals surface area contributed by atoms with E-state index in [4.69, 9.17) is 4.74 Å². The van der Waals surface area contributed by atoms with E-state index < -0.39 is 0 Å². The third-order valence-corrected chi connectivity index (χ3v) is 4.48. The fourth-order valence-electron chi connectivity index (χ4n) is 2.33. The van der Waals surface area contributed by atoms with Gasteiger partial charge in [-0.2, -0.15) is 0 Å². The number of anilines is 2. The topological polar surface area (TPSA) is 63.2 Å². The molecule has 1 amide bonds. The van der Waals surface area contributed by atoms with E-state index in [0.717, 1.165) is 17.0 Å². The molecule has 25 heavy (non-hydrogen) atoms. The van der Waals surface area contributed by atoms with Crippen LogP contribution >= 0.6 is 11.3 Å². The van der Waals surface area contributed by atoms with E-state index in [0.29, 0.717) is 10.8 Å². The van der Waals surface area contributed by atoms with Crippen LogP contribution in [0.4, 0.5) is 10.8 Å². The highest BCUT2D eigenvalue weighted by molar-refractivity contribution is 7.14. The summed E-state index contributed by atoms with van der Waals surface area (Å²) in [5, 5.41) is 8.57. The van der Waals surface area contributed by atoms with E-state index >= 15 is 0 Å². The van der Waals surface area contributed by atoms with E-state index in [1.165, 1.54) is 11.3 Å². The SMILES string of the molecule is COc1ccc(Nc2nc(C(=O)NC(C)c3ccccc3)cs2)cc1. The summed E-state index contributed by atoms with van der Waals surface area (Å²) in [6, 6.07) is 17.3. The van der Waals surface area contributed by atoms with Crippen molar-refractivity contribution in [1.82, 2.24) is 10.3 Å². The summed E-state index contributed by atoms with van der Waals surface area (Å²) in [5.41, 5.74) is 2.35. The molecule has 2 aromatic carbocycles. The summed E-state index contributed by atoms with van der Waals surface area (Å²) in [7, 11) is 1.63. The third-order valence-electron chi connectivity index (χ3n) is 3.73. The number of methoxy groups -OCH3 is 1. The van der Waals surface area contributed by atoms with Crippen LogP contribution in [0.15, 0.2) is 60.0 Å². The third kappa shape index (κ3) is 4.36. The van der Waals surface area contributed by atoms with Crippen molar-refractivity contribution in [1.29, 1.82) is 0 Å². The van der Waals surface area contributed by atoms with Gasteiger partial charge in [-0.3, -0.25) is 4.79 Å². The van der Waals surface area contributed by atoms with Crippen LogP contribution in [0.1, 0.15) is 29.0 Å². The monoisotopic (exact) mass is 353 g/mol. The molecule has 1 atom stereocenters. The molecular weight excluding hydrogens is 334 g/mol. The summed E-state index contributed by atoms with van der Waals surface area (Å²) in [4.78, 5) is 16.7. The number of hydrogen-bond donors (Lipinski definition) is 2. The molecule has 0 aliphatic carbocycles. The molecule has 1 heterocycles. The molecule has 128 valence electrons. The fourth-order valence-corrected chi connectivity index (χ4v) is 3.04. The van der Waals surface area contributed by atoms with Crippen molar-refractivity contribution in [3.05, 3.63) is 71.2 Å². The number of rotatable bonds is 6. The summed E-state index contributed by atoms with van der Waals surface area (Å²) < 4.78 is 5.13. The van der Waals surface area contributed by atoms with E-state index in [1.54, 1.807) is 12.5 Å². The lowest BCUT2D eigenvalue weighted by molar-refractivity contribution is 0.0935. The Balaban J connectivity index is 1.63. The van der Waals surface area contributed by atoms with Crippen molar-refractivity contribution in [3.8, 4) is 5.75 Å². The Morgan fingerprint density at radius 3 is 2.52 bits per heavy atom. The Labute approximate surface area is 150 Å². The highest BCUT2D eigenvalue weighted by Crippen LogP contribution is 2.23. The minimum atomic E-state index is -0.185. The van der Waals surface area contributed by atoms with Crippen molar-refractivity contribution in [2.45, 2.75) is 13.0 Å². The van der Waals surface area contributed by atoms with Gasteiger partial charge in [0.1, 0.15) is 11.4 Å². The summed E-state index contributed by atoms with van der Waals surface area (Å²) in [6.07, 6.45) is 0. The minimum absolute atomic E-state index is 0.0756. The summed E-state index contributed by atoms with van der Waals surface area (Å²) in [6.45, 7) is 1.95. The summed E-state index contributed by atoms with van der Waals surface area (Å²) in [5.74, 6) is 0.607. The van der Waals surface area contributed by atoms with Crippen LogP contribution in [-0.2, 0) is 0 Å². The predicted octanol–water partition coefficient (Wildman–Crippen LogP) is 4.39. The number of hydrogen-bond acceptors (Lipinski definition) is 5. The number of aromatic nitrogens is 1. The number of benzene rings is 2. The number of nitrogens with zero attached hydrogens (tertiary/aromatic N) is 1. The maximum Gasteiger partial charge on any atom is 0.271 e. The standard InChI is InChI=1S/C19H19N3O2S/c1-13(14-6-4-3-5-7-14)20-18(23)17-12-25-19(22-17)21-15-8-10-16(24-2)11-9-15/h3-13H,1-2H3,(H,20,23)(H,21,22). The first-order valence-corrected chi connectivity index (χ1v) is 8.76. The molecule has 5 nitrogen and oxygen atoms in total. The van der Waals surface area contributed by atoms with Gasteiger partial charge in [0.05, 0.1) is 13.2 Å². The molecule has 0 aliphatic rings. The Morgan fingerprint density at radius 1 is 1.12 bits per heavy atom. The number of amides is 1. The Hall–Kier alpha value is -2.86. The first-order valence-electron chi connectivity index (χ1n) is 7.88. The number of nitrogens with one attached hydrogen (secondary N) is 2. The van der Waals surface area contributed by atoms with Gasteiger partial charge in [-0.25, -0.2) is 4.98 Å². The van der Waals surface area contributed by atoms with E-state index in [9.17, 15) is 4.79 Å². The van der Waals surface area contributed by atoms with Gasteiger partial charge in [0, 0.05) is 11.1 Å². The Morgan fingerprint density at radius 2 is 1.84 bits per heavy atom. The molecule has 0 radical (unpaired) electrons. The molecule has 3 aromatic rings. The Kier molecular flexibility index (Phi) is 5.30. The molecule has 6 heteroatoms. The molecule has 0 spiro atoms. The molecule has 0 saturated heterocycles. The van der Waals surface area contributed by atoms with Gasteiger partial charge in [0.15, 0.2) is 5.13 Å². The second-order valence-corrected chi connectivity index (χ2v) is 6.36. The molecule has 3 rings (SSSR count). The minimum Gasteiger partial charge on any atom is -0.497 e. The molecule has 0 saturated carbocycles.